The van der Waals surface area contributed by atoms with E-state index in [9.17, 15) is 5.11 Å². The van der Waals surface area contributed by atoms with Gasteiger partial charge in [0.25, 0.3) is 0 Å². The van der Waals surface area contributed by atoms with Crippen LogP contribution in [-0.4, -0.2) is 18.3 Å². The highest BCUT2D eigenvalue weighted by Gasteiger charge is 2.24. The largest absolute Gasteiger partial charge is 0.496 e. The SMILES string of the molecule is COc1c(C)cc(Cl)cc1C1CCC(O)CC1. The average molecular weight is 255 g/mol. The smallest absolute Gasteiger partial charge is 0.125 e. The van der Waals surface area contributed by atoms with Crippen molar-refractivity contribution in [2.45, 2.75) is 44.6 Å². The summed E-state index contributed by atoms with van der Waals surface area (Å²) >= 11 is 6.12. The molecule has 1 aliphatic rings. The second kappa shape index (κ2) is 5.28. The Kier molecular flexibility index (Phi) is 3.95. The number of hydrogen-bond donors (Lipinski definition) is 1. The van der Waals surface area contributed by atoms with E-state index in [0.29, 0.717) is 5.92 Å². The van der Waals surface area contributed by atoms with Gasteiger partial charge in [0.15, 0.2) is 0 Å². The van der Waals surface area contributed by atoms with Crippen LogP contribution in [0.3, 0.4) is 0 Å². The number of methoxy groups -OCH3 is 1. The number of aryl methyl sites for hydroxylation is 1. The van der Waals surface area contributed by atoms with Gasteiger partial charge in [0, 0.05) is 5.02 Å². The van der Waals surface area contributed by atoms with Crippen molar-refractivity contribution in [3.63, 3.8) is 0 Å². The van der Waals surface area contributed by atoms with Crippen LogP contribution in [0.4, 0.5) is 0 Å². The Bertz CT molecular complexity index is 395. The van der Waals surface area contributed by atoms with Crippen molar-refractivity contribution in [1.82, 2.24) is 0 Å². The maximum absolute atomic E-state index is 9.55. The fourth-order valence-corrected chi connectivity index (χ4v) is 3.01. The monoisotopic (exact) mass is 254 g/mol. The maximum Gasteiger partial charge on any atom is 0.125 e. The summed E-state index contributed by atoms with van der Waals surface area (Å²) in [5.41, 5.74) is 2.28. The number of hydrogen-bond acceptors (Lipinski definition) is 2. The van der Waals surface area contributed by atoms with Crippen LogP contribution in [0.1, 0.15) is 42.7 Å². The molecular formula is C14H19ClO2. The van der Waals surface area contributed by atoms with Gasteiger partial charge in [0.2, 0.25) is 0 Å². The number of aliphatic hydroxyl groups excluding tert-OH is 1. The summed E-state index contributed by atoms with van der Waals surface area (Å²) in [6.07, 6.45) is 3.64. The molecule has 1 aliphatic carbocycles. The van der Waals surface area contributed by atoms with E-state index in [1.165, 1.54) is 5.56 Å². The molecule has 2 rings (SSSR count). The molecule has 1 saturated carbocycles. The molecule has 1 aromatic rings. The first-order valence-electron chi connectivity index (χ1n) is 6.14. The van der Waals surface area contributed by atoms with Crippen LogP contribution in [-0.2, 0) is 0 Å². The molecule has 0 unspecified atom stereocenters. The van der Waals surface area contributed by atoms with Crippen LogP contribution in [0.5, 0.6) is 5.75 Å². The Balaban J connectivity index is 2.30. The van der Waals surface area contributed by atoms with Gasteiger partial charge in [-0.1, -0.05) is 11.6 Å². The van der Waals surface area contributed by atoms with Gasteiger partial charge in [-0.3, -0.25) is 0 Å². The minimum atomic E-state index is -0.127. The van der Waals surface area contributed by atoms with Gasteiger partial charge in [-0.15, -0.1) is 0 Å². The first-order chi connectivity index (χ1) is 8.11. The summed E-state index contributed by atoms with van der Waals surface area (Å²) in [5, 5.41) is 10.3. The van der Waals surface area contributed by atoms with E-state index in [-0.39, 0.29) is 6.10 Å². The Morgan fingerprint density at radius 1 is 1.24 bits per heavy atom. The molecule has 1 N–H and O–H groups in total. The third-order valence-electron chi connectivity index (χ3n) is 3.61. The summed E-state index contributed by atoms with van der Waals surface area (Å²) in [6.45, 7) is 2.02. The predicted molar refractivity (Wildman–Crippen MR) is 70.0 cm³/mol. The van der Waals surface area contributed by atoms with Crippen LogP contribution >= 0.6 is 11.6 Å². The van der Waals surface area contributed by atoms with E-state index in [1.807, 2.05) is 19.1 Å². The van der Waals surface area contributed by atoms with E-state index in [2.05, 4.69) is 0 Å². The van der Waals surface area contributed by atoms with Crippen molar-refractivity contribution in [3.05, 3.63) is 28.3 Å². The lowest BCUT2D eigenvalue weighted by atomic mass is 9.82. The third-order valence-corrected chi connectivity index (χ3v) is 3.83. The molecule has 0 spiro atoms. The van der Waals surface area contributed by atoms with Crippen LogP contribution in [0.2, 0.25) is 5.02 Å². The number of halogens is 1. The lowest BCUT2D eigenvalue weighted by molar-refractivity contribution is 0.122. The van der Waals surface area contributed by atoms with Crippen molar-refractivity contribution in [2.24, 2.45) is 0 Å². The summed E-state index contributed by atoms with van der Waals surface area (Å²) in [4.78, 5) is 0. The molecular weight excluding hydrogens is 236 g/mol. The van der Waals surface area contributed by atoms with Gasteiger partial charge in [-0.25, -0.2) is 0 Å². The Hall–Kier alpha value is -0.730. The van der Waals surface area contributed by atoms with Gasteiger partial charge in [0.05, 0.1) is 13.2 Å². The Labute approximate surface area is 108 Å². The molecule has 17 heavy (non-hydrogen) atoms. The molecule has 2 nitrogen and oxygen atoms in total. The Morgan fingerprint density at radius 2 is 1.88 bits per heavy atom. The first-order valence-corrected chi connectivity index (χ1v) is 6.51. The molecule has 0 aromatic heterocycles. The molecule has 94 valence electrons. The van der Waals surface area contributed by atoms with Crippen LogP contribution in [0.25, 0.3) is 0 Å². The van der Waals surface area contributed by atoms with Crippen molar-refractivity contribution in [3.8, 4) is 5.75 Å². The minimum absolute atomic E-state index is 0.127. The average Bonchev–Trinajstić information content (AvgIpc) is 2.29. The molecule has 1 fully saturated rings. The fourth-order valence-electron chi connectivity index (χ4n) is 2.72. The molecule has 0 amide bonds. The van der Waals surface area contributed by atoms with Crippen molar-refractivity contribution in [2.75, 3.05) is 7.11 Å². The minimum Gasteiger partial charge on any atom is -0.496 e. The second-order valence-electron chi connectivity index (χ2n) is 4.85. The van der Waals surface area contributed by atoms with E-state index in [1.54, 1.807) is 7.11 Å². The molecule has 0 atom stereocenters. The van der Waals surface area contributed by atoms with E-state index >= 15 is 0 Å². The van der Waals surface area contributed by atoms with Gasteiger partial charge >= 0.3 is 0 Å². The number of aliphatic hydroxyl groups is 1. The van der Waals surface area contributed by atoms with Gasteiger partial charge in [0.1, 0.15) is 5.75 Å². The predicted octanol–water partition coefficient (Wildman–Crippen LogP) is 3.68. The van der Waals surface area contributed by atoms with Gasteiger partial charge < -0.3 is 9.84 Å². The molecule has 0 bridgehead atoms. The zero-order valence-electron chi connectivity index (χ0n) is 10.4. The zero-order valence-corrected chi connectivity index (χ0v) is 11.1. The lowest BCUT2D eigenvalue weighted by Crippen LogP contribution is -2.17. The number of benzene rings is 1. The summed E-state index contributed by atoms with van der Waals surface area (Å²) in [6, 6.07) is 3.94. The molecule has 0 aliphatic heterocycles. The highest BCUT2D eigenvalue weighted by molar-refractivity contribution is 6.30. The maximum atomic E-state index is 9.55. The van der Waals surface area contributed by atoms with Gasteiger partial charge in [-0.2, -0.15) is 0 Å². The van der Waals surface area contributed by atoms with Crippen LogP contribution < -0.4 is 4.74 Å². The van der Waals surface area contributed by atoms with Crippen LogP contribution in [0.15, 0.2) is 12.1 Å². The fraction of sp³-hybridized carbons (Fsp3) is 0.571. The van der Waals surface area contributed by atoms with Crippen molar-refractivity contribution >= 4 is 11.6 Å². The topological polar surface area (TPSA) is 29.5 Å². The normalized spacial score (nSPS) is 24.7. The van der Waals surface area contributed by atoms with E-state index in [0.717, 1.165) is 42.0 Å². The second-order valence-corrected chi connectivity index (χ2v) is 5.29. The first kappa shape index (κ1) is 12.7. The quantitative estimate of drug-likeness (QED) is 0.873. The number of rotatable bonds is 2. The van der Waals surface area contributed by atoms with Crippen LogP contribution in [0, 0.1) is 6.92 Å². The zero-order chi connectivity index (χ0) is 12.4. The van der Waals surface area contributed by atoms with Gasteiger partial charge in [-0.05, 0) is 61.8 Å². The van der Waals surface area contributed by atoms with Crippen molar-refractivity contribution < 1.29 is 9.84 Å². The lowest BCUT2D eigenvalue weighted by Gasteiger charge is -2.27. The summed E-state index contributed by atoms with van der Waals surface area (Å²) in [7, 11) is 1.71. The molecule has 0 saturated heterocycles. The summed E-state index contributed by atoms with van der Waals surface area (Å²) < 4.78 is 5.49. The van der Waals surface area contributed by atoms with E-state index in [4.69, 9.17) is 16.3 Å². The molecule has 0 radical (unpaired) electrons. The number of ether oxygens (including phenoxy) is 1. The molecule has 3 heteroatoms. The van der Waals surface area contributed by atoms with E-state index < -0.39 is 0 Å². The van der Waals surface area contributed by atoms with Crippen molar-refractivity contribution in [1.29, 1.82) is 0 Å². The standard InChI is InChI=1S/C14H19ClO2/c1-9-7-11(15)8-13(14(9)17-2)10-3-5-12(16)6-4-10/h7-8,10,12,16H,3-6H2,1-2H3. The molecule has 0 heterocycles. The third kappa shape index (κ3) is 2.75. The highest BCUT2D eigenvalue weighted by atomic mass is 35.5. The highest BCUT2D eigenvalue weighted by Crippen LogP contribution is 2.40. The summed E-state index contributed by atoms with van der Waals surface area (Å²) in [5.74, 6) is 1.42. The Morgan fingerprint density at radius 3 is 2.47 bits per heavy atom. The molecule has 1 aromatic carbocycles.